The molecule has 1 amide bonds. The maximum absolute atomic E-state index is 11.8. The van der Waals surface area contributed by atoms with E-state index in [-0.39, 0.29) is 5.91 Å². The number of carbonyl (C=O) groups excluding carboxylic acids is 1. The highest BCUT2D eigenvalue weighted by Crippen LogP contribution is 2.13. The monoisotopic (exact) mass is 246 g/mol. The fourth-order valence-electron chi connectivity index (χ4n) is 1.64. The van der Waals surface area contributed by atoms with E-state index in [0.29, 0.717) is 10.8 Å². The molecule has 1 aromatic carbocycles. The van der Waals surface area contributed by atoms with E-state index in [1.807, 2.05) is 18.2 Å². The van der Waals surface area contributed by atoms with Crippen LogP contribution in [0, 0.1) is 0 Å². The predicted molar refractivity (Wildman–Crippen MR) is 72.3 cm³/mol. The number of nitrogens with zero attached hydrogens (tertiary/aromatic N) is 1. The number of hydrogen-bond donors (Lipinski definition) is 1. The Kier molecular flexibility index (Phi) is 3.24. The molecule has 1 aliphatic heterocycles. The van der Waals surface area contributed by atoms with Crippen molar-refractivity contribution in [2.45, 2.75) is 13.3 Å². The number of benzene rings is 1. The molecule has 17 heavy (non-hydrogen) atoms. The SMILES string of the molecule is CCc1ccc(/C=C2\NC(=S)N(C)C2=O)cc1. The molecule has 3 nitrogen and oxygen atoms in total. The van der Waals surface area contributed by atoms with E-state index in [9.17, 15) is 4.79 Å². The van der Waals surface area contributed by atoms with Crippen molar-refractivity contribution in [3.8, 4) is 0 Å². The minimum atomic E-state index is -0.0884. The summed E-state index contributed by atoms with van der Waals surface area (Å²) in [5, 5.41) is 3.35. The van der Waals surface area contributed by atoms with Crippen molar-refractivity contribution in [3.05, 3.63) is 41.1 Å². The van der Waals surface area contributed by atoms with E-state index < -0.39 is 0 Å². The van der Waals surface area contributed by atoms with Crippen molar-refractivity contribution in [3.63, 3.8) is 0 Å². The minimum absolute atomic E-state index is 0.0884. The molecule has 0 saturated carbocycles. The Morgan fingerprint density at radius 2 is 2.00 bits per heavy atom. The van der Waals surface area contributed by atoms with Crippen LogP contribution in [0.5, 0.6) is 0 Å². The normalized spacial score (nSPS) is 17.8. The predicted octanol–water partition coefficient (Wildman–Crippen LogP) is 1.94. The lowest BCUT2D eigenvalue weighted by atomic mass is 10.1. The molecule has 0 aliphatic carbocycles. The summed E-state index contributed by atoms with van der Waals surface area (Å²) in [5.74, 6) is -0.0884. The van der Waals surface area contributed by atoms with Crippen molar-refractivity contribution >= 4 is 29.3 Å². The van der Waals surface area contributed by atoms with Crippen LogP contribution in [0.25, 0.3) is 6.08 Å². The van der Waals surface area contributed by atoms with Crippen LogP contribution in [-0.4, -0.2) is 23.0 Å². The highest BCUT2D eigenvalue weighted by Gasteiger charge is 2.26. The van der Waals surface area contributed by atoms with E-state index in [4.69, 9.17) is 12.2 Å². The highest BCUT2D eigenvalue weighted by molar-refractivity contribution is 7.80. The van der Waals surface area contributed by atoms with Gasteiger partial charge in [0.2, 0.25) is 0 Å². The zero-order valence-corrected chi connectivity index (χ0v) is 10.7. The van der Waals surface area contributed by atoms with Crippen LogP contribution in [0.3, 0.4) is 0 Å². The number of carbonyl (C=O) groups is 1. The molecule has 1 saturated heterocycles. The first kappa shape index (κ1) is 11.8. The molecular formula is C13H14N2OS. The molecule has 2 rings (SSSR count). The lowest BCUT2D eigenvalue weighted by Crippen LogP contribution is -2.25. The van der Waals surface area contributed by atoms with Crippen molar-refractivity contribution in [1.82, 2.24) is 10.2 Å². The Labute approximate surface area is 106 Å². The van der Waals surface area contributed by atoms with Crippen LogP contribution in [0.2, 0.25) is 0 Å². The van der Waals surface area contributed by atoms with E-state index >= 15 is 0 Å². The van der Waals surface area contributed by atoms with Crippen molar-refractivity contribution in [1.29, 1.82) is 0 Å². The smallest absolute Gasteiger partial charge is 0.276 e. The van der Waals surface area contributed by atoms with Gasteiger partial charge in [-0.2, -0.15) is 0 Å². The Balaban J connectivity index is 2.24. The third-order valence-corrected chi connectivity index (χ3v) is 3.16. The van der Waals surface area contributed by atoms with Gasteiger partial charge in [-0.1, -0.05) is 31.2 Å². The largest absolute Gasteiger partial charge is 0.328 e. The molecular weight excluding hydrogens is 232 g/mol. The Hall–Kier alpha value is -1.68. The molecule has 88 valence electrons. The van der Waals surface area contributed by atoms with Crippen LogP contribution in [0.4, 0.5) is 0 Å². The van der Waals surface area contributed by atoms with Gasteiger partial charge in [-0.25, -0.2) is 0 Å². The van der Waals surface area contributed by atoms with Gasteiger partial charge in [0.05, 0.1) is 0 Å². The van der Waals surface area contributed by atoms with Crippen LogP contribution < -0.4 is 5.32 Å². The van der Waals surface area contributed by atoms with Crippen LogP contribution in [0.1, 0.15) is 18.1 Å². The Bertz CT molecular complexity index is 491. The molecule has 4 heteroatoms. The second kappa shape index (κ2) is 4.67. The maximum atomic E-state index is 11.8. The zero-order valence-electron chi connectivity index (χ0n) is 9.86. The highest BCUT2D eigenvalue weighted by atomic mass is 32.1. The maximum Gasteiger partial charge on any atom is 0.276 e. The van der Waals surface area contributed by atoms with Crippen LogP contribution in [-0.2, 0) is 11.2 Å². The lowest BCUT2D eigenvalue weighted by Gasteiger charge is -2.02. The Morgan fingerprint density at radius 3 is 2.47 bits per heavy atom. The molecule has 0 unspecified atom stereocenters. The number of amides is 1. The topological polar surface area (TPSA) is 32.3 Å². The summed E-state index contributed by atoms with van der Waals surface area (Å²) in [6.45, 7) is 2.11. The lowest BCUT2D eigenvalue weighted by molar-refractivity contribution is -0.121. The first-order valence-corrected chi connectivity index (χ1v) is 5.92. The van der Waals surface area contributed by atoms with Gasteiger partial charge >= 0.3 is 0 Å². The van der Waals surface area contributed by atoms with Gasteiger partial charge in [0, 0.05) is 7.05 Å². The summed E-state index contributed by atoms with van der Waals surface area (Å²) < 4.78 is 0. The molecule has 0 atom stereocenters. The second-order valence-corrected chi connectivity index (χ2v) is 4.33. The quantitative estimate of drug-likeness (QED) is 0.639. The molecule has 1 N–H and O–H groups in total. The summed E-state index contributed by atoms with van der Waals surface area (Å²) in [7, 11) is 1.67. The fraction of sp³-hybridized carbons (Fsp3) is 0.231. The summed E-state index contributed by atoms with van der Waals surface area (Å²) >= 11 is 5.00. The number of thiocarbonyl (C=S) groups is 1. The number of hydrogen-bond acceptors (Lipinski definition) is 2. The third-order valence-electron chi connectivity index (χ3n) is 2.78. The summed E-state index contributed by atoms with van der Waals surface area (Å²) in [4.78, 5) is 13.2. The first-order valence-electron chi connectivity index (χ1n) is 5.51. The van der Waals surface area contributed by atoms with Gasteiger partial charge in [-0.05, 0) is 35.8 Å². The van der Waals surface area contributed by atoms with Gasteiger partial charge in [-0.3, -0.25) is 9.69 Å². The average Bonchev–Trinajstić information content (AvgIpc) is 2.58. The standard InChI is InChI=1S/C13H14N2OS/c1-3-9-4-6-10(7-5-9)8-11-12(16)15(2)13(17)14-11/h4-8H,3H2,1-2H3,(H,14,17)/b11-8-. The van der Waals surface area contributed by atoms with Crippen molar-refractivity contribution in [2.24, 2.45) is 0 Å². The number of nitrogens with one attached hydrogen (secondary N) is 1. The first-order chi connectivity index (χ1) is 8.11. The zero-order chi connectivity index (χ0) is 12.4. The number of likely N-dealkylation sites (N-methyl/N-ethyl adjacent to an activating group) is 1. The molecule has 0 aromatic heterocycles. The fourth-order valence-corrected chi connectivity index (χ4v) is 1.83. The van der Waals surface area contributed by atoms with Crippen molar-refractivity contribution in [2.75, 3.05) is 7.05 Å². The molecule has 1 fully saturated rings. The van der Waals surface area contributed by atoms with Gasteiger partial charge in [0.1, 0.15) is 5.70 Å². The summed E-state index contributed by atoms with van der Waals surface area (Å²) in [5.41, 5.74) is 2.81. The van der Waals surface area contributed by atoms with Gasteiger partial charge in [0.25, 0.3) is 5.91 Å². The third kappa shape index (κ3) is 2.36. The van der Waals surface area contributed by atoms with Crippen molar-refractivity contribution < 1.29 is 4.79 Å². The average molecular weight is 246 g/mol. The summed E-state index contributed by atoms with van der Waals surface area (Å²) in [6.07, 6.45) is 2.83. The molecule has 0 radical (unpaired) electrons. The second-order valence-electron chi connectivity index (χ2n) is 3.95. The van der Waals surface area contributed by atoms with E-state index in [2.05, 4.69) is 24.4 Å². The molecule has 0 bridgehead atoms. The number of rotatable bonds is 2. The van der Waals surface area contributed by atoms with Crippen LogP contribution in [0.15, 0.2) is 30.0 Å². The minimum Gasteiger partial charge on any atom is -0.328 e. The van der Waals surface area contributed by atoms with E-state index in [0.717, 1.165) is 12.0 Å². The van der Waals surface area contributed by atoms with E-state index in [1.54, 1.807) is 7.05 Å². The molecule has 0 spiro atoms. The van der Waals surface area contributed by atoms with Gasteiger partial charge < -0.3 is 5.32 Å². The number of aryl methyl sites for hydroxylation is 1. The molecule has 1 aromatic rings. The van der Waals surface area contributed by atoms with Crippen LogP contribution >= 0.6 is 12.2 Å². The summed E-state index contributed by atoms with van der Waals surface area (Å²) in [6, 6.07) is 8.13. The van der Waals surface area contributed by atoms with E-state index in [1.165, 1.54) is 10.5 Å². The molecule has 1 heterocycles. The van der Waals surface area contributed by atoms with Gasteiger partial charge in [0.15, 0.2) is 5.11 Å². The van der Waals surface area contributed by atoms with Gasteiger partial charge in [-0.15, -0.1) is 0 Å². The Morgan fingerprint density at radius 1 is 1.35 bits per heavy atom. The molecule has 1 aliphatic rings.